The van der Waals surface area contributed by atoms with Gasteiger partial charge >= 0.3 is 0 Å². The van der Waals surface area contributed by atoms with Gasteiger partial charge in [-0.2, -0.15) is 0 Å². The highest BCUT2D eigenvalue weighted by atomic mass is 127. The van der Waals surface area contributed by atoms with Crippen LogP contribution >= 0.6 is 67.8 Å². The second-order valence-electron chi connectivity index (χ2n) is 3.75. The first-order valence-electron chi connectivity index (χ1n) is 5.55. The number of carbonyl (C=O) groups excluding carboxylic acids is 1. The molecule has 18 heavy (non-hydrogen) atoms. The monoisotopic (exact) mass is 587 g/mol. The predicted molar refractivity (Wildman–Crippen MR) is 96.8 cm³/mol. The molecule has 0 saturated heterocycles. The van der Waals surface area contributed by atoms with Crippen molar-refractivity contribution in [2.45, 2.75) is 19.3 Å². The third-order valence-corrected chi connectivity index (χ3v) is 6.00. The van der Waals surface area contributed by atoms with E-state index in [9.17, 15) is 9.18 Å². The van der Waals surface area contributed by atoms with Gasteiger partial charge in [-0.1, -0.05) is 0 Å². The van der Waals surface area contributed by atoms with Crippen LogP contribution in [0.15, 0.2) is 12.1 Å². The van der Waals surface area contributed by atoms with Crippen molar-refractivity contribution in [2.75, 3.05) is 13.2 Å². The molecule has 1 amide bonds. The van der Waals surface area contributed by atoms with Gasteiger partial charge in [0.1, 0.15) is 0 Å². The first-order valence-corrected chi connectivity index (χ1v) is 8.78. The Kier molecular flexibility index (Phi) is 8.32. The number of hydrogen-bond donors (Lipinski definition) is 1. The first-order chi connectivity index (χ1) is 8.56. The molecule has 1 N–H and O–H groups in total. The fourth-order valence-corrected chi connectivity index (χ4v) is 3.82. The summed E-state index contributed by atoms with van der Waals surface area (Å²) in [4.78, 5) is 12.0. The van der Waals surface area contributed by atoms with Crippen LogP contribution in [0.1, 0.15) is 29.6 Å². The van der Waals surface area contributed by atoms with Gasteiger partial charge in [-0.25, -0.2) is 0 Å². The van der Waals surface area contributed by atoms with Crippen molar-refractivity contribution in [1.82, 2.24) is 5.32 Å². The molecule has 0 aliphatic heterocycles. The molecule has 0 aromatic heterocycles. The number of unbranched alkanes of at least 4 members (excludes halogenated alkanes) is 2. The van der Waals surface area contributed by atoms with E-state index < -0.39 is 0 Å². The molecule has 1 aromatic carbocycles. The van der Waals surface area contributed by atoms with Crippen molar-refractivity contribution in [1.29, 1.82) is 0 Å². The minimum absolute atomic E-state index is 0.0453. The summed E-state index contributed by atoms with van der Waals surface area (Å²) in [5.74, 6) is -0.0453. The molecule has 0 aliphatic carbocycles. The molecule has 0 fully saturated rings. The number of rotatable bonds is 6. The van der Waals surface area contributed by atoms with Crippen molar-refractivity contribution in [3.8, 4) is 0 Å². The summed E-state index contributed by atoms with van der Waals surface area (Å²) in [5.41, 5.74) is 0.720. The highest BCUT2D eigenvalue weighted by Crippen LogP contribution is 2.22. The van der Waals surface area contributed by atoms with Crippen LogP contribution in [0.5, 0.6) is 0 Å². The summed E-state index contributed by atoms with van der Waals surface area (Å²) >= 11 is 6.63. The van der Waals surface area contributed by atoms with Crippen LogP contribution in [0.3, 0.4) is 0 Å². The molecule has 0 atom stereocenters. The molecule has 6 heteroatoms. The van der Waals surface area contributed by atoms with E-state index in [0.29, 0.717) is 13.0 Å². The summed E-state index contributed by atoms with van der Waals surface area (Å²) in [5, 5.41) is 2.88. The average Bonchev–Trinajstić information content (AvgIpc) is 2.33. The largest absolute Gasteiger partial charge is 0.352 e. The summed E-state index contributed by atoms with van der Waals surface area (Å²) in [6, 6.07) is 3.93. The highest BCUT2D eigenvalue weighted by molar-refractivity contribution is 14.1. The zero-order valence-electron chi connectivity index (χ0n) is 9.61. The van der Waals surface area contributed by atoms with E-state index >= 15 is 0 Å². The quantitative estimate of drug-likeness (QED) is 0.300. The van der Waals surface area contributed by atoms with E-state index in [-0.39, 0.29) is 12.6 Å². The Morgan fingerprint density at radius 3 is 2.56 bits per heavy atom. The van der Waals surface area contributed by atoms with Crippen LogP contribution in [0.2, 0.25) is 0 Å². The van der Waals surface area contributed by atoms with E-state index in [4.69, 9.17) is 0 Å². The average molecular weight is 587 g/mol. The molecular formula is C12H13FI3NO. The lowest BCUT2D eigenvalue weighted by Crippen LogP contribution is -2.25. The lowest BCUT2D eigenvalue weighted by Gasteiger charge is -2.08. The Hall–Kier alpha value is 0.810. The highest BCUT2D eigenvalue weighted by Gasteiger charge is 2.12. The van der Waals surface area contributed by atoms with Crippen LogP contribution in [-0.2, 0) is 0 Å². The molecule has 0 aliphatic rings. The smallest absolute Gasteiger partial charge is 0.252 e. The fraction of sp³-hybridized carbons (Fsp3) is 0.417. The summed E-state index contributed by atoms with van der Waals surface area (Å²) in [7, 11) is 0. The molecular weight excluding hydrogens is 574 g/mol. The van der Waals surface area contributed by atoms with Crippen molar-refractivity contribution in [3.63, 3.8) is 0 Å². The van der Waals surface area contributed by atoms with Crippen LogP contribution < -0.4 is 5.32 Å². The number of amides is 1. The Balaban J connectivity index is 2.56. The number of carbonyl (C=O) groups is 1. The summed E-state index contributed by atoms with van der Waals surface area (Å²) < 4.78 is 15.0. The normalized spacial score (nSPS) is 10.4. The van der Waals surface area contributed by atoms with E-state index in [1.165, 1.54) is 0 Å². The Morgan fingerprint density at radius 1 is 1.17 bits per heavy atom. The van der Waals surface area contributed by atoms with Crippen molar-refractivity contribution in [2.24, 2.45) is 0 Å². The molecule has 0 saturated carbocycles. The van der Waals surface area contributed by atoms with Gasteiger partial charge in [-0.05, 0) is 99.2 Å². The molecule has 1 rings (SSSR count). The van der Waals surface area contributed by atoms with E-state index in [0.717, 1.165) is 29.1 Å². The second kappa shape index (κ2) is 8.88. The summed E-state index contributed by atoms with van der Waals surface area (Å²) in [6.07, 6.45) is 2.22. The molecule has 1 aromatic rings. The molecule has 0 bridgehead atoms. The maximum atomic E-state index is 12.0. The third kappa shape index (κ3) is 5.43. The molecule has 2 nitrogen and oxygen atoms in total. The van der Waals surface area contributed by atoms with E-state index in [1.807, 2.05) is 12.1 Å². The molecule has 0 unspecified atom stereocenters. The van der Waals surface area contributed by atoms with Gasteiger partial charge in [-0.3, -0.25) is 9.18 Å². The second-order valence-corrected chi connectivity index (χ2v) is 7.24. The Morgan fingerprint density at radius 2 is 1.89 bits per heavy atom. The van der Waals surface area contributed by atoms with Gasteiger partial charge in [-0.15, -0.1) is 0 Å². The fourth-order valence-electron chi connectivity index (χ4n) is 1.41. The predicted octanol–water partition coefficient (Wildman–Crippen LogP) is 4.37. The molecule has 0 heterocycles. The zero-order valence-corrected chi connectivity index (χ0v) is 16.1. The van der Waals surface area contributed by atoms with E-state index in [1.54, 1.807) is 0 Å². The lowest BCUT2D eigenvalue weighted by molar-refractivity contribution is 0.0952. The topological polar surface area (TPSA) is 29.1 Å². The third-order valence-electron chi connectivity index (χ3n) is 2.33. The standard InChI is InChI=1S/C12H13FI3NO/c13-4-2-1-3-5-17-12(18)9-6-8(14)7-10(15)11(9)16/h6-7H,1-5H2,(H,17,18). The van der Waals surface area contributed by atoms with Gasteiger partial charge < -0.3 is 5.32 Å². The van der Waals surface area contributed by atoms with Crippen molar-refractivity contribution >= 4 is 73.7 Å². The minimum atomic E-state index is -0.277. The molecule has 0 spiro atoms. The van der Waals surface area contributed by atoms with Crippen molar-refractivity contribution in [3.05, 3.63) is 28.4 Å². The zero-order chi connectivity index (χ0) is 13.5. The number of hydrogen-bond acceptors (Lipinski definition) is 1. The van der Waals surface area contributed by atoms with Gasteiger partial charge in [0.25, 0.3) is 5.91 Å². The maximum Gasteiger partial charge on any atom is 0.252 e. The van der Waals surface area contributed by atoms with Crippen LogP contribution in [0, 0.1) is 10.7 Å². The Bertz CT molecular complexity index is 426. The molecule has 100 valence electrons. The van der Waals surface area contributed by atoms with Gasteiger partial charge in [0.05, 0.1) is 12.2 Å². The van der Waals surface area contributed by atoms with Gasteiger partial charge in [0, 0.05) is 17.3 Å². The SMILES string of the molecule is O=C(NCCCCCF)c1cc(I)cc(I)c1I. The van der Waals surface area contributed by atoms with Crippen LogP contribution in [0.4, 0.5) is 4.39 Å². The minimum Gasteiger partial charge on any atom is -0.352 e. The van der Waals surface area contributed by atoms with E-state index in [2.05, 4.69) is 73.1 Å². The summed E-state index contributed by atoms with van der Waals surface area (Å²) in [6.45, 7) is 0.331. The number of alkyl halides is 1. The number of halogens is 4. The molecule has 0 radical (unpaired) electrons. The maximum absolute atomic E-state index is 12.0. The van der Waals surface area contributed by atoms with Crippen LogP contribution in [0.25, 0.3) is 0 Å². The van der Waals surface area contributed by atoms with Gasteiger partial charge in [0.2, 0.25) is 0 Å². The number of benzene rings is 1. The van der Waals surface area contributed by atoms with Gasteiger partial charge in [0.15, 0.2) is 0 Å². The number of nitrogens with one attached hydrogen (secondary N) is 1. The van der Waals surface area contributed by atoms with Crippen molar-refractivity contribution < 1.29 is 9.18 Å². The van der Waals surface area contributed by atoms with Crippen LogP contribution in [-0.4, -0.2) is 19.1 Å². The lowest BCUT2D eigenvalue weighted by atomic mass is 10.2. The first kappa shape index (κ1) is 16.9. The Labute approximate surface area is 147 Å².